The summed E-state index contributed by atoms with van der Waals surface area (Å²) in [6.07, 6.45) is 5.48. The van der Waals surface area contributed by atoms with Gasteiger partial charge in [-0.1, -0.05) is 13.8 Å². The normalized spacial score (nSPS) is 19.7. The molecule has 1 N–H and O–H groups in total. The Hall–Kier alpha value is -0.0800. The van der Waals surface area contributed by atoms with Gasteiger partial charge in [-0.05, 0) is 84.5 Å². The third-order valence-electron chi connectivity index (χ3n) is 4.13. The van der Waals surface area contributed by atoms with Crippen molar-refractivity contribution in [3.8, 4) is 0 Å². The van der Waals surface area contributed by atoms with Crippen LogP contribution in [-0.2, 0) is 0 Å². The average molecular weight is 254 g/mol. The predicted molar refractivity (Wildman–Crippen MR) is 81.0 cm³/mol. The summed E-state index contributed by atoms with van der Waals surface area (Å²) >= 11 is 0. The van der Waals surface area contributed by atoms with E-state index in [1.807, 2.05) is 0 Å². The molecule has 0 bridgehead atoms. The first kappa shape index (κ1) is 16.0. The number of nitrogens with one attached hydrogen (secondary N) is 1. The van der Waals surface area contributed by atoms with Crippen molar-refractivity contribution in [3.05, 3.63) is 0 Å². The Morgan fingerprint density at radius 1 is 1.11 bits per heavy atom. The molecule has 108 valence electrons. The minimum Gasteiger partial charge on any atom is -0.312 e. The van der Waals surface area contributed by atoms with Gasteiger partial charge in [0.2, 0.25) is 0 Å². The zero-order chi connectivity index (χ0) is 13.6. The average Bonchev–Trinajstić information content (AvgIpc) is 2.27. The first-order chi connectivity index (χ1) is 8.38. The van der Waals surface area contributed by atoms with Gasteiger partial charge >= 0.3 is 0 Å². The van der Waals surface area contributed by atoms with Crippen LogP contribution in [0.4, 0.5) is 0 Å². The number of piperidine rings is 1. The van der Waals surface area contributed by atoms with Crippen LogP contribution in [0.3, 0.4) is 0 Å². The minimum atomic E-state index is 0.273. The monoisotopic (exact) mass is 254 g/mol. The second kappa shape index (κ2) is 7.49. The van der Waals surface area contributed by atoms with Crippen LogP contribution in [0.15, 0.2) is 0 Å². The van der Waals surface area contributed by atoms with Gasteiger partial charge in [-0.2, -0.15) is 0 Å². The molecule has 0 unspecified atom stereocenters. The van der Waals surface area contributed by atoms with Gasteiger partial charge in [0.1, 0.15) is 0 Å². The Morgan fingerprint density at radius 2 is 1.72 bits per heavy atom. The van der Waals surface area contributed by atoms with Gasteiger partial charge in [0.15, 0.2) is 0 Å². The molecule has 0 atom stereocenters. The fourth-order valence-electron chi connectivity index (χ4n) is 2.77. The van der Waals surface area contributed by atoms with E-state index in [4.69, 9.17) is 0 Å². The van der Waals surface area contributed by atoms with Gasteiger partial charge in [0.05, 0.1) is 0 Å². The summed E-state index contributed by atoms with van der Waals surface area (Å²) in [5.74, 6) is 1.85. The Bertz CT molecular complexity index is 210. The molecule has 2 heteroatoms. The Labute approximate surface area is 115 Å². The van der Waals surface area contributed by atoms with E-state index in [0.29, 0.717) is 0 Å². The molecule has 1 rings (SSSR count). The standard InChI is InChI=1S/C16H34N2/c1-14(2)15-8-12-18(13-9-15)11-7-6-10-17-16(3,4)5/h14-15,17H,6-13H2,1-5H3. The number of likely N-dealkylation sites (tertiary alicyclic amines) is 1. The second-order valence-electron chi connectivity index (χ2n) is 7.31. The second-order valence-corrected chi connectivity index (χ2v) is 7.31. The molecule has 18 heavy (non-hydrogen) atoms. The molecule has 0 aliphatic carbocycles. The lowest BCUT2D eigenvalue weighted by molar-refractivity contribution is 0.155. The summed E-state index contributed by atoms with van der Waals surface area (Å²) in [6.45, 7) is 16.6. The van der Waals surface area contributed by atoms with Crippen LogP contribution in [0, 0.1) is 11.8 Å². The molecule has 0 saturated carbocycles. The molecule has 1 fully saturated rings. The SMILES string of the molecule is CC(C)C1CCN(CCCCNC(C)(C)C)CC1. The van der Waals surface area contributed by atoms with E-state index in [1.54, 1.807) is 0 Å². The molecule has 0 spiro atoms. The largest absolute Gasteiger partial charge is 0.312 e. The molecule has 2 nitrogen and oxygen atoms in total. The van der Waals surface area contributed by atoms with Crippen molar-refractivity contribution < 1.29 is 0 Å². The molecule has 1 saturated heterocycles. The van der Waals surface area contributed by atoms with Gasteiger partial charge in [0, 0.05) is 5.54 Å². The topological polar surface area (TPSA) is 15.3 Å². The molecule has 1 heterocycles. The summed E-state index contributed by atoms with van der Waals surface area (Å²) in [5, 5.41) is 3.56. The van der Waals surface area contributed by atoms with Crippen LogP contribution in [-0.4, -0.2) is 36.6 Å². The summed E-state index contributed by atoms with van der Waals surface area (Å²) < 4.78 is 0. The van der Waals surface area contributed by atoms with Crippen molar-refractivity contribution in [1.82, 2.24) is 10.2 Å². The van der Waals surface area contributed by atoms with E-state index < -0.39 is 0 Å². The summed E-state index contributed by atoms with van der Waals surface area (Å²) in [6, 6.07) is 0. The van der Waals surface area contributed by atoms with Crippen LogP contribution in [0.25, 0.3) is 0 Å². The highest BCUT2D eigenvalue weighted by atomic mass is 15.1. The van der Waals surface area contributed by atoms with Crippen molar-refractivity contribution in [2.45, 2.75) is 65.8 Å². The van der Waals surface area contributed by atoms with E-state index in [9.17, 15) is 0 Å². The summed E-state index contributed by atoms with van der Waals surface area (Å²) in [7, 11) is 0. The Balaban J connectivity index is 2.01. The molecule has 0 aromatic heterocycles. The van der Waals surface area contributed by atoms with Crippen LogP contribution in [0.2, 0.25) is 0 Å². The van der Waals surface area contributed by atoms with Crippen molar-refractivity contribution in [1.29, 1.82) is 0 Å². The van der Waals surface area contributed by atoms with Crippen molar-refractivity contribution >= 4 is 0 Å². The maximum absolute atomic E-state index is 3.56. The summed E-state index contributed by atoms with van der Waals surface area (Å²) in [5.41, 5.74) is 0.273. The van der Waals surface area contributed by atoms with E-state index in [1.165, 1.54) is 45.3 Å². The van der Waals surface area contributed by atoms with Crippen LogP contribution in [0.5, 0.6) is 0 Å². The van der Waals surface area contributed by atoms with Crippen molar-refractivity contribution in [2.24, 2.45) is 11.8 Å². The molecule has 0 radical (unpaired) electrons. The lowest BCUT2D eigenvalue weighted by atomic mass is 9.87. The van der Waals surface area contributed by atoms with Crippen LogP contribution < -0.4 is 5.32 Å². The van der Waals surface area contributed by atoms with E-state index in [2.05, 4.69) is 44.8 Å². The number of hydrogen-bond donors (Lipinski definition) is 1. The lowest BCUT2D eigenvalue weighted by Gasteiger charge is -2.33. The highest BCUT2D eigenvalue weighted by Gasteiger charge is 2.20. The van der Waals surface area contributed by atoms with Gasteiger partial charge in [-0.25, -0.2) is 0 Å². The third kappa shape index (κ3) is 6.75. The quantitative estimate of drug-likeness (QED) is 0.730. The fraction of sp³-hybridized carbons (Fsp3) is 1.00. The first-order valence-corrected chi connectivity index (χ1v) is 7.86. The molecule has 1 aliphatic rings. The molecule has 0 amide bonds. The number of hydrogen-bond acceptors (Lipinski definition) is 2. The maximum Gasteiger partial charge on any atom is 0.00965 e. The number of rotatable bonds is 6. The van der Waals surface area contributed by atoms with Crippen molar-refractivity contribution in [2.75, 3.05) is 26.2 Å². The van der Waals surface area contributed by atoms with Crippen molar-refractivity contribution in [3.63, 3.8) is 0 Å². The Morgan fingerprint density at radius 3 is 2.22 bits per heavy atom. The predicted octanol–water partition coefficient (Wildman–Crippen LogP) is 3.52. The molecule has 1 aliphatic heterocycles. The fourth-order valence-corrected chi connectivity index (χ4v) is 2.77. The highest BCUT2D eigenvalue weighted by Crippen LogP contribution is 2.24. The third-order valence-corrected chi connectivity index (χ3v) is 4.13. The smallest absolute Gasteiger partial charge is 0.00965 e. The molecular weight excluding hydrogens is 220 g/mol. The van der Waals surface area contributed by atoms with E-state index >= 15 is 0 Å². The van der Waals surface area contributed by atoms with Gasteiger partial charge in [0.25, 0.3) is 0 Å². The Kier molecular flexibility index (Phi) is 6.65. The lowest BCUT2D eigenvalue weighted by Crippen LogP contribution is -2.38. The first-order valence-electron chi connectivity index (χ1n) is 7.86. The van der Waals surface area contributed by atoms with E-state index in [-0.39, 0.29) is 5.54 Å². The number of unbranched alkanes of at least 4 members (excludes halogenated alkanes) is 1. The van der Waals surface area contributed by atoms with E-state index in [0.717, 1.165) is 18.4 Å². The zero-order valence-electron chi connectivity index (χ0n) is 13.3. The molecule has 0 aromatic carbocycles. The van der Waals surface area contributed by atoms with Gasteiger partial charge < -0.3 is 10.2 Å². The highest BCUT2D eigenvalue weighted by molar-refractivity contribution is 4.74. The number of nitrogens with zero attached hydrogens (tertiary/aromatic N) is 1. The summed E-state index contributed by atoms with van der Waals surface area (Å²) in [4.78, 5) is 2.66. The van der Waals surface area contributed by atoms with Crippen LogP contribution >= 0.6 is 0 Å². The molecule has 0 aromatic rings. The minimum absolute atomic E-state index is 0.273. The van der Waals surface area contributed by atoms with Gasteiger partial charge in [-0.3, -0.25) is 0 Å². The van der Waals surface area contributed by atoms with Gasteiger partial charge in [-0.15, -0.1) is 0 Å². The maximum atomic E-state index is 3.56. The zero-order valence-corrected chi connectivity index (χ0v) is 13.3. The molecular formula is C16H34N2. The van der Waals surface area contributed by atoms with Crippen LogP contribution in [0.1, 0.15) is 60.3 Å².